The molecule has 180 valence electrons. The normalized spacial score (nSPS) is 12.1. The monoisotopic (exact) mass is 476 g/mol. The molecule has 6 nitrogen and oxygen atoms in total. The molecule has 2 heterocycles. The summed E-state index contributed by atoms with van der Waals surface area (Å²) in [6.45, 7) is 2.19. The molecular formula is C30H28N4O2. The number of benzene rings is 3. The number of aryl methyl sites for hydroxylation is 1. The molecule has 0 radical (unpaired) electrons. The number of Topliss-reactive ketones (excluding diaryl/α,β-unsaturated/α-hetero) is 2. The number of fused-ring (bicyclic) bond motifs is 1. The highest BCUT2D eigenvalue weighted by molar-refractivity contribution is 6.11. The second-order valence-electron chi connectivity index (χ2n) is 9.03. The van der Waals surface area contributed by atoms with E-state index < -0.39 is 6.04 Å². The minimum absolute atomic E-state index is 0.0218. The lowest BCUT2D eigenvalue weighted by Gasteiger charge is -2.18. The number of carbonyl (C=O) groups excluding carboxylic acids is 2. The van der Waals surface area contributed by atoms with Gasteiger partial charge in [0.15, 0.2) is 11.6 Å². The van der Waals surface area contributed by atoms with Crippen molar-refractivity contribution in [3.63, 3.8) is 0 Å². The molecule has 5 aromatic rings. The Balaban J connectivity index is 1.37. The fraction of sp³-hybridized carbons (Fsp3) is 0.167. The molecule has 0 aliphatic rings. The topological polar surface area (TPSA) is 79.8 Å². The molecule has 2 aromatic heterocycles. The summed E-state index contributed by atoms with van der Waals surface area (Å²) >= 11 is 0. The summed E-state index contributed by atoms with van der Waals surface area (Å²) in [7, 11) is 1.89. The number of hydrogen-bond donors (Lipinski definition) is 2. The highest BCUT2D eigenvalue weighted by Crippen LogP contribution is 2.28. The van der Waals surface area contributed by atoms with Gasteiger partial charge in [-0.05, 0) is 36.1 Å². The highest BCUT2D eigenvalue weighted by Gasteiger charge is 2.24. The molecule has 0 amide bonds. The fourth-order valence-electron chi connectivity index (χ4n) is 4.51. The minimum Gasteiger partial charge on any atom is -0.360 e. The van der Waals surface area contributed by atoms with Gasteiger partial charge in [0.1, 0.15) is 0 Å². The number of carbonyl (C=O) groups is 2. The lowest BCUT2D eigenvalue weighted by molar-refractivity contribution is 0.0944. The molecule has 0 fully saturated rings. The van der Waals surface area contributed by atoms with Gasteiger partial charge in [-0.25, -0.2) is 0 Å². The third kappa shape index (κ3) is 4.90. The van der Waals surface area contributed by atoms with Crippen LogP contribution in [0.3, 0.4) is 0 Å². The Morgan fingerprint density at radius 1 is 1.00 bits per heavy atom. The number of ketones is 2. The summed E-state index contributed by atoms with van der Waals surface area (Å²) in [5, 5.41) is 8.63. The molecule has 0 unspecified atom stereocenters. The summed E-state index contributed by atoms with van der Waals surface area (Å²) < 4.78 is 1.77. The smallest absolute Gasteiger partial charge is 0.186 e. The summed E-state index contributed by atoms with van der Waals surface area (Å²) in [4.78, 5) is 28.6. The van der Waals surface area contributed by atoms with Crippen LogP contribution in [0.4, 0.5) is 0 Å². The Hall–Kier alpha value is -4.29. The summed E-state index contributed by atoms with van der Waals surface area (Å²) in [6.07, 6.45) is 6.35. The van der Waals surface area contributed by atoms with Crippen LogP contribution in [0.25, 0.3) is 22.0 Å². The van der Waals surface area contributed by atoms with E-state index in [0.29, 0.717) is 17.7 Å². The molecule has 0 saturated heterocycles. The number of aromatic amines is 1. The van der Waals surface area contributed by atoms with Crippen LogP contribution in [0.5, 0.6) is 0 Å². The average molecular weight is 477 g/mol. The predicted octanol–water partition coefficient (Wildman–Crippen LogP) is 5.53. The number of nitrogens with zero attached hydrogens (tertiary/aromatic N) is 2. The van der Waals surface area contributed by atoms with E-state index in [0.717, 1.165) is 39.6 Å². The van der Waals surface area contributed by atoms with Crippen LogP contribution in [0, 0.1) is 0 Å². The van der Waals surface area contributed by atoms with Gasteiger partial charge < -0.3 is 10.3 Å². The van der Waals surface area contributed by atoms with Gasteiger partial charge in [0.25, 0.3) is 0 Å². The third-order valence-corrected chi connectivity index (χ3v) is 6.50. The number of H-pyrrole nitrogens is 1. The lowest BCUT2D eigenvalue weighted by atomic mass is 9.96. The van der Waals surface area contributed by atoms with Crippen LogP contribution < -0.4 is 5.32 Å². The van der Waals surface area contributed by atoms with E-state index in [-0.39, 0.29) is 11.6 Å². The summed E-state index contributed by atoms with van der Waals surface area (Å²) in [5.74, 6) is 0.0780. The van der Waals surface area contributed by atoms with Gasteiger partial charge in [0.05, 0.1) is 12.2 Å². The van der Waals surface area contributed by atoms with Crippen molar-refractivity contribution in [1.82, 2.24) is 20.1 Å². The Morgan fingerprint density at radius 2 is 1.78 bits per heavy atom. The van der Waals surface area contributed by atoms with E-state index in [4.69, 9.17) is 0 Å². The first kappa shape index (κ1) is 23.5. The van der Waals surface area contributed by atoms with Crippen LogP contribution in [-0.2, 0) is 13.5 Å². The third-order valence-electron chi connectivity index (χ3n) is 6.50. The number of aromatic nitrogens is 3. The van der Waals surface area contributed by atoms with Gasteiger partial charge in [-0.15, -0.1) is 0 Å². The van der Waals surface area contributed by atoms with Gasteiger partial charge >= 0.3 is 0 Å². The Bertz CT molecular complexity index is 1510. The zero-order valence-electron chi connectivity index (χ0n) is 20.4. The minimum atomic E-state index is -0.473. The number of hydrogen-bond acceptors (Lipinski definition) is 4. The Kier molecular flexibility index (Phi) is 6.60. The molecule has 6 heteroatoms. The summed E-state index contributed by atoms with van der Waals surface area (Å²) in [5.41, 5.74) is 6.40. The van der Waals surface area contributed by atoms with Crippen LogP contribution in [-0.4, -0.2) is 32.9 Å². The Morgan fingerprint density at radius 3 is 2.47 bits per heavy atom. The quantitative estimate of drug-likeness (QED) is 0.274. The Labute approximate surface area is 210 Å². The van der Waals surface area contributed by atoms with Crippen LogP contribution in [0.15, 0.2) is 91.4 Å². The molecule has 0 spiro atoms. The zero-order valence-corrected chi connectivity index (χ0v) is 20.4. The first-order valence-corrected chi connectivity index (χ1v) is 12.0. The standard InChI is InChI=1S/C30H28N4O2/c1-20(35)22-10-8-21(9-11-22)14-15-31-29(23-6-4-3-5-7-23)30(36)27-18-32-28-16-24(12-13-26(27)28)25-17-33-34(2)19-25/h3-13,16-19,29,31-32H,14-15H2,1-2H3/t29-/m0/s1. The van der Waals surface area contributed by atoms with E-state index >= 15 is 0 Å². The predicted molar refractivity (Wildman–Crippen MR) is 142 cm³/mol. The second kappa shape index (κ2) is 10.1. The van der Waals surface area contributed by atoms with E-state index in [1.54, 1.807) is 17.8 Å². The number of nitrogens with one attached hydrogen (secondary N) is 2. The summed E-state index contributed by atoms with van der Waals surface area (Å²) in [6, 6.07) is 23.1. The van der Waals surface area contributed by atoms with Gasteiger partial charge in [-0.2, -0.15) is 5.10 Å². The maximum absolute atomic E-state index is 13.8. The van der Waals surface area contributed by atoms with E-state index in [9.17, 15) is 9.59 Å². The molecule has 0 aliphatic carbocycles. The van der Waals surface area contributed by atoms with Crippen molar-refractivity contribution >= 4 is 22.5 Å². The second-order valence-corrected chi connectivity index (χ2v) is 9.03. The van der Waals surface area contributed by atoms with Crippen LogP contribution >= 0.6 is 0 Å². The van der Waals surface area contributed by atoms with Crippen molar-refractivity contribution in [2.75, 3.05) is 6.54 Å². The SMILES string of the molecule is CC(=O)c1ccc(CCN[C@H](C(=O)c2c[nH]c3cc(-c4cnn(C)c4)ccc23)c2ccccc2)cc1. The zero-order chi connectivity index (χ0) is 25.1. The number of rotatable bonds is 9. The molecule has 36 heavy (non-hydrogen) atoms. The lowest BCUT2D eigenvalue weighted by Crippen LogP contribution is -2.30. The van der Waals surface area contributed by atoms with Crippen molar-refractivity contribution in [2.24, 2.45) is 7.05 Å². The molecule has 2 N–H and O–H groups in total. The highest BCUT2D eigenvalue weighted by atomic mass is 16.1. The first-order valence-electron chi connectivity index (χ1n) is 12.0. The fourth-order valence-corrected chi connectivity index (χ4v) is 4.51. The molecule has 0 bridgehead atoms. The van der Waals surface area contributed by atoms with Crippen molar-refractivity contribution in [2.45, 2.75) is 19.4 Å². The van der Waals surface area contributed by atoms with Crippen molar-refractivity contribution < 1.29 is 9.59 Å². The van der Waals surface area contributed by atoms with Gasteiger partial charge in [-0.3, -0.25) is 14.3 Å². The molecule has 0 saturated carbocycles. The van der Waals surface area contributed by atoms with Crippen LogP contribution in [0.1, 0.15) is 44.8 Å². The van der Waals surface area contributed by atoms with E-state index in [2.05, 4.69) is 21.5 Å². The molecule has 3 aromatic carbocycles. The molecule has 0 aliphatic heterocycles. The van der Waals surface area contributed by atoms with Crippen molar-refractivity contribution in [1.29, 1.82) is 0 Å². The van der Waals surface area contributed by atoms with Gasteiger partial charge in [0.2, 0.25) is 0 Å². The average Bonchev–Trinajstić information content (AvgIpc) is 3.53. The maximum atomic E-state index is 13.8. The van der Waals surface area contributed by atoms with E-state index in [1.807, 2.05) is 86.2 Å². The first-order chi connectivity index (χ1) is 17.5. The molecule has 5 rings (SSSR count). The van der Waals surface area contributed by atoms with Crippen molar-refractivity contribution in [3.05, 3.63) is 114 Å². The van der Waals surface area contributed by atoms with Crippen molar-refractivity contribution in [3.8, 4) is 11.1 Å². The molecular weight excluding hydrogens is 448 g/mol. The van der Waals surface area contributed by atoms with Crippen LogP contribution in [0.2, 0.25) is 0 Å². The maximum Gasteiger partial charge on any atom is 0.186 e. The molecule has 1 atom stereocenters. The van der Waals surface area contributed by atoms with Gasteiger partial charge in [0, 0.05) is 53.6 Å². The van der Waals surface area contributed by atoms with E-state index in [1.165, 1.54) is 0 Å². The largest absolute Gasteiger partial charge is 0.360 e. The van der Waals surface area contributed by atoms with Gasteiger partial charge in [-0.1, -0.05) is 66.7 Å².